The van der Waals surface area contributed by atoms with E-state index in [-0.39, 0.29) is 10.6 Å². The van der Waals surface area contributed by atoms with Gasteiger partial charge in [-0.3, -0.25) is 0 Å². The van der Waals surface area contributed by atoms with Crippen molar-refractivity contribution in [2.24, 2.45) is 0 Å². The smallest absolute Gasteiger partial charge is 0.371 e. The Morgan fingerprint density at radius 3 is 1.68 bits per heavy atom. The highest BCUT2D eigenvalue weighted by molar-refractivity contribution is 8.65. The van der Waals surface area contributed by atoms with Crippen LogP contribution in [0.25, 0.3) is 0 Å². The monoisotopic (exact) mass is 298 g/mol. The fourth-order valence-electron chi connectivity index (χ4n) is 1.34. The minimum absolute atomic E-state index is 0.0537. The third kappa shape index (κ3) is 2.77. The second-order valence-electron chi connectivity index (χ2n) is 3.57. The second kappa shape index (κ2) is 5.02. The van der Waals surface area contributed by atoms with Crippen LogP contribution in [-0.2, 0) is 18.0 Å². The van der Waals surface area contributed by atoms with Crippen LogP contribution in [0, 0.1) is 0 Å². The minimum Gasteiger partial charge on any atom is -0.371 e. The van der Waals surface area contributed by atoms with Crippen molar-refractivity contribution in [3.8, 4) is 5.75 Å². The van der Waals surface area contributed by atoms with Crippen LogP contribution in [0.4, 0.5) is 0 Å². The number of hydrogen-bond acceptors (Lipinski definition) is 5. The Morgan fingerprint density at radius 2 is 1.16 bits per heavy atom. The summed E-state index contributed by atoms with van der Waals surface area (Å²) in [7, 11) is -9.38. The zero-order valence-electron chi connectivity index (χ0n) is 9.63. The number of benzene rings is 2. The van der Waals surface area contributed by atoms with Crippen molar-refractivity contribution in [3.05, 3.63) is 60.7 Å². The molecule has 0 unspecified atom stereocenters. The Balaban J connectivity index is 2.41. The van der Waals surface area contributed by atoms with Crippen molar-refractivity contribution in [2.75, 3.05) is 0 Å². The molecule has 100 valence electrons. The van der Waals surface area contributed by atoms with Crippen LogP contribution in [0.5, 0.6) is 5.75 Å². The van der Waals surface area contributed by atoms with Crippen LogP contribution < -0.4 is 4.18 Å². The van der Waals surface area contributed by atoms with Gasteiger partial charge in [-0.05, 0) is 24.3 Å². The Kier molecular flexibility index (Phi) is 3.59. The van der Waals surface area contributed by atoms with Gasteiger partial charge in [0.25, 0.3) is 0 Å². The zero-order valence-corrected chi connectivity index (χ0v) is 11.3. The van der Waals surface area contributed by atoms with Gasteiger partial charge < -0.3 is 4.18 Å². The molecule has 0 aliphatic carbocycles. The summed E-state index contributed by atoms with van der Waals surface area (Å²) in [5.74, 6) is -0.0537. The summed E-state index contributed by atoms with van der Waals surface area (Å²) in [5, 5.41) is 0. The fourth-order valence-corrected chi connectivity index (χ4v) is 4.05. The van der Waals surface area contributed by atoms with Crippen molar-refractivity contribution in [3.63, 3.8) is 0 Å². The van der Waals surface area contributed by atoms with Gasteiger partial charge in [0.05, 0.1) is 4.90 Å². The molecule has 0 saturated heterocycles. The van der Waals surface area contributed by atoms with Crippen molar-refractivity contribution < 1.29 is 21.0 Å². The van der Waals surface area contributed by atoms with Crippen LogP contribution in [-0.4, -0.2) is 16.8 Å². The van der Waals surface area contributed by atoms with Gasteiger partial charge in [-0.15, -0.1) is 0 Å². The largest absolute Gasteiger partial charge is 0.423 e. The maximum absolute atomic E-state index is 11.9. The standard InChI is InChI=1S/C12H10O5S2/c13-18(14,12-9-5-2-6-10-12)19(15,16)17-11-7-3-1-4-8-11/h1-10H. The third-order valence-electron chi connectivity index (χ3n) is 2.24. The number of rotatable bonds is 4. The maximum Gasteiger partial charge on any atom is 0.423 e. The summed E-state index contributed by atoms with van der Waals surface area (Å²) in [6, 6.07) is 14.3. The first-order valence-corrected chi connectivity index (χ1v) is 8.64. The van der Waals surface area contributed by atoms with E-state index < -0.39 is 18.0 Å². The van der Waals surface area contributed by atoms with E-state index in [1.807, 2.05) is 0 Å². The zero-order chi connectivity index (χ0) is 13.9. The molecular formula is C12H10O5S2. The molecule has 7 heteroatoms. The first-order chi connectivity index (χ1) is 8.93. The molecule has 2 aromatic rings. The number of para-hydroxylation sites is 1. The van der Waals surface area contributed by atoms with Gasteiger partial charge in [-0.2, -0.15) is 8.42 Å². The molecule has 2 rings (SSSR count). The molecule has 0 aliphatic rings. The first kappa shape index (κ1) is 13.6. The molecule has 0 saturated carbocycles. The lowest BCUT2D eigenvalue weighted by atomic mass is 10.3. The van der Waals surface area contributed by atoms with Gasteiger partial charge in [0.2, 0.25) is 0 Å². The van der Waals surface area contributed by atoms with Crippen molar-refractivity contribution in [1.29, 1.82) is 0 Å². The van der Waals surface area contributed by atoms with E-state index in [0.717, 1.165) is 0 Å². The molecule has 2 aromatic carbocycles. The average Bonchev–Trinajstić information content (AvgIpc) is 2.40. The summed E-state index contributed by atoms with van der Waals surface area (Å²) in [6.07, 6.45) is 0. The van der Waals surface area contributed by atoms with Gasteiger partial charge in [0.1, 0.15) is 5.75 Å². The summed E-state index contributed by atoms with van der Waals surface area (Å²) in [4.78, 5) is -0.328. The van der Waals surface area contributed by atoms with E-state index in [2.05, 4.69) is 4.18 Å². The summed E-state index contributed by atoms with van der Waals surface area (Å²) in [5.41, 5.74) is 0. The molecular weight excluding hydrogens is 288 g/mol. The first-order valence-electron chi connectivity index (χ1n) is 5.23. The highest BCUT2D eigenvalue weighted by atomic mass is 33.2. The second-order valence-corrected chi connectivity index (χ2v) is 8.48. The average molecular weight is 298 g/mol. The highest BCUT2D eigenvalue weighted by Gasteiger charge is 2.34. The van der Waals surface area contributed by atoms with Crippen molar-refractivity contribution >= 4 is 18.0 Å². The Labute approximate surface area is 110 Å². The van der Waals surface area contributed by atoms with Crippen molar-refractivity contribution in [1.82, 2.24) is 0 Å². The fraction of sp³-hybridized carbons (Fsp3) is 0. The third-order valence-corrected chi connectivity index (χ3v) is 6.42. The molecule has 0 N–H and O–H groups in total. The topological polar surface area (TPSA) is 77.5 Å². The lowest BCUT2D eigenvalue weighted by Crippen LogP contribution is -2.21. The predicted molar refractivity (Wildman–Crippen MR) is 69.6 cm³/mol. The molecule has 0 heterocycles. The van der Waals surface area contributed by atoms with Gasteiger partial charge in [0, 0.05) is 0 Å². The molecule has 0 radical (unpaired) electrons. The lowest BCUT2D eigenvalue weighted by Gasteiger charge is -2.07. The highest BCUT2D eigenvalue weighted by Crippen LogP contribution is 2.21. The quantitative estimate of drug-likeness (QED) is 0.804. The van der Waals surface area contributed by atoms with E-state index >= 15 is 0 Å². The SMILES string of the molecule is O=S(=O)(Oc1ccccc1)S(=O)(=O)c1ccccc1. The van der Waals surface area contributed by atoms with Crippen LogP contribution in [0.3, 0.4) is 0 Å². The maximum atomic E-state index is 11.9. The normalized spacial score (nSPS) is 12.0. The molecule has 19 heavy (non-hydrogen) atoms. The van der Waals surface area contributed by atoms with E-state index in [1.54, 1.807) is 24.3 Å². The van der Waals surface area contributed by atoms with Crippen molar-refractivity contribution in [2.45, 2.75) is 4.90 Å². The van der Waals surface area contributed by atoms with Gasteiger partial charge >= 0.3 is 18.0 Å². The van der Waals surface area contributed by atoms with Crippen LogP contribution in [0.2, 0.25) is 0 Å². The van der Waals surface area contributed by atoms with E-state index in [1.165, 1.54) is 36.4 Å². The molecule has 5 nitrogen and oxygen atoms in total. The van der Waals surface area contributed by atoms with Gasteiger partial charge in [0.15, 0.2) is 0 Å². The van der Waals surface area contributed by atoms with Crippen LogP contribution in [0.15, 0.2) is 65.6 Å². The molecule has 0 bridgehead atoms. The number of hydrogen-bond donors (Lipinski definition) is 0. The summed E-state index contributed by atoms with van der Waals surface area (Å²) in [6.45, 7) is 0. The van der Waals surface area contributed by atoms with Gasteiger partial charge in [-0.1, -0.05) is 36.4 Å². The van der Waals surface area contributed by atoms with E-state index in [9.17, 15) is 16.8 Å². The Hall–Kier alpha value is -1.86. The lowest BCUT2D eigenvalue weighted by molar-refractivity contribution is 0.495. The minimum atomic E-state index is -4.79. The molecule has 0 aromatic heterocycles. The molecule has 0 aliphatic heterocycles. The Morgan fingerprint density at radius 1 is 0.684 bits per heavy atom. The summed E-state index contributed by atoms with van der Waals surface area (Å²) >= 11 is 0. The van der Waals surface area contributed by atoms with Crippen LogP contribution >= 0.6 is 0 Å². The predicted octanol–water partition coefficient (Wildman–Crippen LogP) is 1.78. The van der Waals surface area contributed by atoms with Crippen LogP contribution in [0.1, 0.15) is 0 Å². The Bertz CT molecular complexity index is 750. The molecule has 0 fully saturated rings. The molecule has 0 atom stereocenters. The van der Waals surface area contributed by atoms with Gasteiger partial charge in [-0.25, -0.2) is 8.42 Å². The summed E-state index contributed by atoms with van der Waals surface area (Å²) < 4.78 is 52.1. The molecule has 0 spiro atoms. The molecule has 0 amide bonds. The van der Waals surface area contributed by atoms with E-state index in [4.69, 9.17) is 0 Å². The van der Waals surface area contributed by atoms with E-state index in [0.29, 0.717) is 0 Å².